The van der Waals surface area contributed by atoms with Gasteiger partial charge in [0, 0.05) is 59.4 Å². The van der Waals surface area contributed by atoms with E-state index >= 15 is 0 Å². The lowest BCUT2D eigenvalue weighted by molar-refractivity contribution is -0.141. The van der Waals surface area contributed by atoms with Gasteiger partial charge in [-0.3, -0.25) is 38.6 Å². The zero-order chi connectivity index (χ0) is 57.6. The second-order valence-corrected chi connectivity index (χ2v) is 19.1. The standard InChI is InChI=1S/C15H18N4O5.2C14H16N4O5.C2H5NO2.CH2O.CH4.HI/c1-5-9(16)10(21)8-6(3-24-13(17)23)14(4-20)11-7-2-18(14)15(8,12(5)22)19(7)11;2*1-4-8(16)13(21)7-5(3-23-14(17)22)9-12(20)6(15)2-18(9)10(7)11(4)19;1-5-2(3)4;1-2;;/h6-8,11,20H,2-4,16H2,1H3,(H2,17,23);2*6,12,20H,2-3,15-16H2,1H3,(H2,17,22);1H3,(H2,3,4);1H2;1H4;1H/t6-,7+,8+,11+,14+,15-,19?;6-,12+;6-,12-;;;;/m100..../s1. The number of carbonyl (C=O) groups is 11. The number of nitrogens with two attached hydrogens (primary N) is 9. The number of primary amides is 4. The number of aromatic nitrogens is 2. The number of methoxy groups -OCH3 is 1. The Bertz CT molecular complexity index is 3000. The van der Waals surface area contributed by atoms with Gasteiger partial charge in [-0.15, -0.1) is 24.0 Å². The number of hydrogen-bond acceptors (Lipinski definition) is 25. The second-order valence-electron chi connectivity index (χ2n) is 19.1. The van der Waals surface area contributed by atoms with E-state index in [0.29, 0.717) is 6.54 Å². The highest BCUT2D eigenvalue weighted by molar-refractivity contribution is 14.0. The van der Waals surface area contributed by atoms with E-state index in [9.17, 15) is 63.3 Å². The molecule has 1 spiro atoms. The molecule has 4 amide bonds. The summed E-state index contributed by atoms with van der Waals surface area (Å²) in [5.74, 6) is -3.64. The van der Waals surface area contributed by atoms with E-state index in [1.165, 1.54) is 30.1 Å². The fourth-order valence-corrected chi connectivity index (χ4v) is 12.4. The largest absolute Gasteiger partial charge is 0.453 e. The Hall–Kier alpha value is -7.60. The summed E-state index contributed by atoms with van der Waals surface area (Å²) in [7, 11) is 1.22. The van der Waals surface area contributed by atoms with Gasteiger partial charge in [0.1, 0.15) is 43.6 Å². The van der Waals surface area contributed by atoms with Crippen molar-refractivity contribution >= 4 is 89.8 Å². The van der Waals surface area contributed by atoms with E-state index in [2.05, 4.69) is 10.5 Å². The number of ketones is 6. The first kappa shape index (κ1) is 62.2. The van der Waals surface area contributed by atoms with Crippen LogP contribution in [0.25, 0.3) is 0 Å². The Kier molecular flexibility index (Phi) is 17.5. The third-order valence-electron chi connectivity index (χ3n) is 15.6. The van der Waals surface area contributed by atoms with E-state index in [1.807, 2.05) is 16.6 Å². The number of rotatable bonds is 7. The molecule has 430 valence electrons. The second kappa shape index (κ2) is 22.3. The summed E-state index contributed by atoms with van der Waals surface area (Å²) < 4.78 is 21.4. The van der Waals surface area contributed by atoms with E-state index in [1.54, 1.807) is 6.92 Å². The third-order valence-corrected chi connectivity index (χ3v) is 15.6. The number of allylic oxidation sites excluding steroid dienone is 5. The van der Waals surface area contributed by atoms with Crippen LogP contribution in [0.1, 0.15) is 105 Å². The fraction of sp³-hybridized carbons (Fsp3) is 0.468. The molecular weight excluding hydrogens is 1160 g/mol. The predicted molar refractivity (Wildman–Crippen MR) is 279 cm³/mol. The molecule has 2 aromatic heterocycles. The van der Waals surface area contributed by atoms with Crippen molar-refractivity contribution in [2.24, 2.45) is 63.4 Å². The molecule has 2 unspecified atom stereocenters. The maximum atomic E-state index is 13.2. The first-order valence-corrected chi connectivity index (χ1v) is 23.2. The molecule has 7 aliphatic heterocycles. The monoisotopic (exact) mass is 1220 g/mol. The first-order valence-electron chi connectivity index (χ1n) is 23.2. The zero-order valence-electron chi connectivity index (χ0n) is 42.1. The summed E-state index contributed by atoms with van der Waals surface area (Å²) in [6, 6.07) is -1.10. The first-order chi connectivity index (χ1) is 36.1. The maximum absolute atomic E-state index is 13.2. The molecule has 0 aromatic carbocycles. The summed E-state index contributed by atoms with van der Waals surface area (Å²) in [5.41, 5.74) is 48.1. The molecule has 10 aliphatic rings. The van der Waals surface area contributed by atoms with E-state index < -0.39 is 94.8 Å². The van der Waals surface area contributed by atoms with Crippen molar-refractivity contribution in [3.8, 4) is 0 Å². The van der Waals surface area contributed by atoms with Crippen molar-refractivity contribution in [2.75, 3.05) is 26.9 Å². The minimum Gasteiger partial charge on any atom is -0.453 e. The van der Waals surface area contributed by atoms with Crippen LogP contribution in [0, 0.1) is 11.8 Å². The van der Waals surface area contributed by atoms with Crippen LogP contribution in [0.5, 0.6) is 0 Å². The molecule has 5 fully saturated rings. The molecule has 31 nitrogen and oxygen atoms in total. The van der Waals surface area contributed by atoms with Crippen molar-refractivity contribution in [3.05, 3.63) is 78.8 Å². The molecule has 0 saturated carbocycles. The Morgan fingerprint density at radius 2 is 1.06 bits per heavy atom. The van der Waals surface area contributed by atoms with Gasteiger partial charge in [-0.25, -0.2) is 19.2 Å². The van der Waals surface area contributed by atoms with Gasteiger partial charge in [-0.05, 0) is 20.8 Å². The number of fused-ring (bicyclic) bond motifs is 6. The highest BCUT2D eigenvalue weighted by Gasteiger charge is 2.94. The summed E-state index contributed by atoms with van der Waals surface area (Å²) >= 11 is 0. The van der Waals surface area contributed by atoms with Crippen LogP contribution in [0.15, 0.2) is 33.8 Å². The highest BCUT2D eigenvalue weighted by atomic mass is 127. The van der Waals surface area contributed by atoms with Crippen molar-refractivity contribution in [1.29, 1.82) is 0 Å². The minimum absolute atomic E-state index is 0. The van der Waals surface area contributed by atoms with Crippen LogP contribution >= 0.6 is 24.0 Å². The van der Waals surface area contributed by atoms with E-state index in [0.717, 1.165) is 0 Å². The number of piperidine rings is 1. The normalized spacial score (nSPS) is 29.9. The minimum atomic E-state index is -1.09. The predicted octanol–water partition coefficient (Wildman–Crippen LogP) is -3.56. The smallest absolute Gasteiger partial charge is 0.404 e. The number of halogens is 1. The van der Waals surface area contributed by atoms with Crippen LogP contribution in [-0.4, -0.2) is 162 Å². The lowest BCUT2D eigenvalue weighted by atomic mass is 9.67. The summed E-state index contributed by atoms with van der Waals surface area (Å²) in [6.45, 7) is 6.43. The Morgan fingerprint density at radius 1 is 0.658 bits per heavy atom. The third kappa shape index (κ3) is 8.90. The molecule has 21 N–H and O–H groups in total. The van der Waals surface area contributed by atoms with E-state index in [-0.39, 0.29) is 173 Å². The quantitative estimate of drug-likeness (QED) is 0.0725. The van der Waals surface area contributed by atoms with Crippen molar-refractivity contribution in [3.63, 3.8) is 0 Å². The average Bonchev–Trinajstić information content (AvgIpc) is 1.64. The summed E-state index contributed by atoms with van der Waals surface area (Å²) in [5, 5.41) is 30.7. The van der Waals surface area contributed by atoms with Gasteiger partial charge >= 0.3 is 24.4 Å². The van der Waals surface area contributed by atoms with E-state index in [4.69, 9.17) is 64.9 Å². The number of nitrogens with zero attached hydrogens (tertiary/aromatic N) is 4. The Labute approximate surface area is 465 Å². The van der Waals surface area contributed by atoms with Crippen molar-refractivity contribution in [2.45, 2.75) is 102 Å². The van der Waals surface area contributed by atoms with Gasteiger partial charge in [0.15, 0.2) is 17.2 Å². The summed E-state index contributed by atoms with van der Waals surface area (Å²) in [4.78, 5) is 130. The Morgan fingerprint density at radius 3 is 1.42 bits per heavy atom. The number of Topliss-reactive ketones (excluding diaryl/α,β-unsaturated/α-hetero) is 6. The fourth-order valence-electron chi connectivity index (χ4n) is 12.4. The number of carbonyl (C=O) groups excluding carboxylic acids is 11. The number of aliphatic hydroxyl groups is 3. The van der Waals surface area contributed by atoms with Gasteiger partial charge in [0.25, 0.3) is 0 Å². The molecule has 9 heterocycles. The number of piperazine rings is 1. The van der Waals surface area contributed by atoms with Crippen LogP contribution in [-0.2, 0) is 59.6 Å². The number of aliphatic hydroxyl groups excluding tert-OH is 3. The maximum Gasteiger partial charge on any atom is 0.404 e. The van der Waals surface area contributed by atoms with Gasteiger partial charge < -0.3 is 99.8 Å². The van der Waals surface area contributed by atoms with Gasteiger partial charge in [0.05, 0.1) is 89.5 Å². The molecule has 2 aromatic rings. The van der Waals surface area contributed by atoms with Crippen molar-refractivity contribution < 1.29 is 87.0 Å². The molecule has 12 rings (SSSR count). The number of hydrogen-bond donors (Lipinski definition) is 12. The zero-order valence-corrected chi connectivity index (χ0v) is 44.5. The summed E-state index contributed by atoms with van der Waals surface area (Å²) in [6.07, 6.45) is -5.94. The molecule has 32 heteroatoms. The van der Waals surface area contributed by atoms with Gasteiger partial charge in [0.2, 0.25) is 23.1 Å². The number of amides is 4. The van der Waals surface area contributed by atoms with Gasteiger partial charge in [-0.2, -0.15) is 0 Å². The van der Waals surface area contributed by atoms with Crippen LogP contribution in [0.3, 0.4) is 0 Å². The molecule has 3 aliphatic carbocycles. The van der Waals surface area contributed by atoms with Crippen LogP contribution in [0.2, 0.25) is 0 Å². The molecule has 12 atom stereocenters. The average molecular weight is 1220 g/mol. The molecule has 5 saturated heterocycles. The highest BCUT2D eigenvalue weighted by Crippen LogP contribution is 2.74. The van der Waals surface area contributed by atoms with Gasteiger partial charge in [-0.1, -0.05) is 7.43 Å². The molecular formula is C47H62IN13O18. The molecule has 0 radical (unpaired) electrons. The number of ether oxygens (including phenoxy) is 4. The SMILES string of the molecule is C.C=O.CC1=C(N)C(=O)[C@@H]2[C@@H](COC(N)=O)[C@@]3(CO)[C@@H]4[C@@H]5CN3[C@@]2(C1=O)N45.CC1=C(N)C(=O)c2c(COC(N)=O)c3n(c2C1=O)C[C@H](N)[C@@H]3O.CC1=C(N)C(=O)c2c(COC(N)=O)c3n(c2C1=O)C[C@H](N)[C@H]3O.COC(N)=O.I. The van der Waals surface area contributed by atoms with Crippen molar-refractivity contribution in [1.82, 2.24) is 18.9 Å². The Balaban J connectivity index is 0.000000203. The molecule has 79 heavy (non-hydrogen) atoms. The lowest BCUT2D eigenvalue weighted by Gasteiger charge is -2.41. The van der Waals surface area contributed by atoms with Crippen LogP contribution in [0.4, 0.5) is 19.2 Å². The van der Waals surface area contributed by atoms with Crippen LogP contribution < -0.4 is 51.6 Å². The molecule has 6 bridgehead atoms. The lowest BCUT2D eigenvalue weighted by Crippen LogP contribution is -2.61. The topological polar surface area (TPSA) is 536 Å².